The Morgan fingerprint density at radius 2 is 2.22 bits per heavy atom. The molecule has 1 amide bonds. The third-order valence-corrected chi connectivity index (χ3v) is 5.08. The van der Waals surface area contributed by atoms with Crippen molar-refractivity contribution in [2.75, 3.05) is 26.7 Å². The van der Waals surface area contributed by atoms with Gasteiger partial charge in [0.15, 0.2) is 6.10 Å². The van der Waals surface area contributed by atoms with Crippen molar-refractivity contribution in [3.63, 3.8) is 0 Å². The minimum Gasteiger partial charge on any atom is -0.357 e. The number of likely N-dealkylation sites (N-methyl/N-ethyl adjacent to an activating group) is 1. The number of hydrogen-bond donors (Lipinski definition) is 1. The lowest BCUT2D eigenvalue weighted by atomic mass is 9.88. The first-order chi connectivity index (χ1) is 11.0. The molecule has 6 heteroatoms. The molecule has 2 aliphatic rings. The zero-order chi connectivity index (χ0) is 16.4. The van der Waals surface area contributed by atoms with Gasteiger partial charge in [0.25, 0.3) is 5.91 Å². The van der Waals surface area contributed by atoms with Crippen molar-refractivity contribution in [3.05, 3.63) is 18.2 Å². The van der Waals surface area contributed by atoms with Crippen LogP contribution >= 0.6 is 0 Å². The first kappa shape index (κ1) is 16.5. The zero-order valence-electron chi connectivity index (χ0n) is 14.4. The summed E-state index contributed by atoms with van der Waals surface area (Å²) in [7, 11) is 1.66. The standard InChI is InChI=1S/C17H28N4O2/c1-13(2)4-8-20-9-5-17(6-10-20)16-19-7-11-21(16)12-14(23-17)15(22)18-3/h7,11,13-14H,4-6,8-10,12H2,1-3H3,(H,18,22)/t14-/m1/s1. The van der Waals surface area contributed by atoms with Gasteiger partial charge in [0.05, 0.1) is 6.54 Å². The highest BCUT2D eigenvalue weighted by atomic mass is 16.5. The molecule has 2 aliphatic heterocycles. The lowest BCUT2D eigenvalue weighted by Gasteiger charge is -2.45. The number of imidazole rings is 1. The van der Waals surface area contributed by atoms with E-state index >= 15 is 0 Å². The molecule has 1 aromatic rings. The monoisotopic (exact) mass is 320 g/mol. The molecule has 0 bridgehead atoms. The Kier molecular flexibility index (Phi) is 4.73. The lowest BCUT2D eigenvalue weighted by Crippen LogP contribution is -2.53. The first-order valence-electron chi connectivity index (χ1n) is 8.67. The molecule has 0 aromatic carbocycles. The summed E-state index contributed by atoms with van der Waals surface area (Å²) < 4.78 is 8.39. The number of piperidine rings is 1. The van der Waals surface area contributed by atoms with Crippen molar-refractivity contribution in [3.8, 4) is 0 Å². The van der Waals surface area contributed by atoms with Crippen molar-refractivity contribution >= 4 is 5.91 Å². The number of fused-ring (bicyclic) bond motifs is 2. The predicted molar refractivity (Wildman–Crippen MR) is 88.0 cm³/mol. The van der Waals surface area contributed by atoms with Crippen LogP contribution in [0.25, 0.3) is 0 Å². The Balaban J connectivity index is 1.73. The van der Waals surface area contributed by atoms with E-state index in [0.717, 1.165) is 44.2 Å². The van der Waals surface area contributed by atoms with E-state index in [1.54, 1.807) is 7.05 Å². The topological polar surface area (TPSA) is 59.4 Å². The van der Waals surface area contributed by atoms with Crippen LogP contribution in [0.3, 0.4) is 0 Å². The minimum absolute atomic E-state index is 0.0500. The predicted octanol–water partition coefficient (Wildman–Crippen LogP) is 1.37. The molecular weight excluding hydrogens is 292 g/mol. The van der Waals surface area contributed by atoms with Crippen molar-refractivity contribution in [2.24, 2.45) is 5.92 Å². The van der Waals surface area contributed by atoms with Gasteiger partial charge in [-0.25, -0.2) is 4.98 Å². The SMILES string of the molecule is CNC(=O)[C@H]1Cn2ccnc2C2(CCN(CCC(C)C)CC2)O1. The van der Waals surface area contributed by atoms with Gasteiger partial charge in [-0.1, -0.05) is 13.8 Å². The molecule has 1 aromatic heterocycles. The number of rotatable bonds is 4. The lowest BCUT2D eigenvalue weighted by molar-refractivity contribution is -0.173. The molecular formula is C17H28N4O2. The highest BCUT2D eigenvalue weighted by Crippen LogP contribution is 2.40. The maximum atomic E-state index is 12.1. The van der Waals surface area contributed by atoms with Gasteiger partial charge in [-0.2, -0.15) is 0 Å². The second-order valence-electron chi connectivity index (χ2n) is 7.14. The quantitative estimate of drug-likeness (QED) is 0.910. The number of carbonyl (C=O) groups is 1. The van der Waals surface area contributed by atoms with Gasteiger partial charge in [0.1, 0.15) is 11.4 Å². The van der Waals surface area contributed by atoms with E-state index in [4.69, 9.17) is 4.74 Å². The van der Waals surface area contributed by atoms with Gasteiger partial charge in [0.2, 0.25) is 0 Å². The van der Waals surface area contributed by atoms with E-state index in [2.05, 4.69) is 33.6 Å². The Morgan fingerprint density at radius 3 is 2.87 bits per heavy atom. The molecule has 6 nitrogen and oxygen atoms in total. The van der Waals surface area contributed by atoms with Crippen molar-refractivity contribution < 1.29 is 9.53 Å². The van der Waals surface area contributed by atoms with E-state index in [9.17, 15) is 4.79 Å². The summed E-state index contributed by atoms with van der Waals surface area (Å²) in [6.45, 7) is 8.22. The van der Waals surface area contributed by atoms with E-state index in [1.807, 2.05) is 12.4 Å². The fourth-order valence-corrected chi connectivity index (χ4v) is 3.61. The Labute approximate surface area is 138 Å². The van der Waals surface area contributed by atoms with Gasteiger partial charge in [0, 0.05) is 32.5 Å². The molecule has 0 aliphatic carbocycles. The largest absolute Gasteiger partial charge is 0.357 e. The fourth-order valence-electron chi connectivity index (χ4n) is 3.61. The summed E-state index contributed by atoms with van der Waals surface area (Å²) in [6.07, 6.45) is 6.37. The van der Waals surface area contributed by atoms with Crippen molar-refractivity contribution in [1.29, 1.82) is 0 Å². The highest BCUT2D eigenvalue weighted by molar-refractivity contribution is 5.80. The van der Waals surface area contributed by atoms with Crippen LogP contribution in [0.5, 0.6) is 0 Å². The minimum atomic E-state index is -0.427. The molecule has 1 spiro atoms. The number of nitrogens with zero attached hydrogens (tertiary/aromatic N) is 3. The van der Waals surface area contributed by atoms with Gasteiger partial charge >= 0.3 is 0 Å². The third-order valence-electron chi connectivity index (χ3n) is 5.08. The van der Waals surface area contributed by atoms with Gasteiger partial charge in [-0.05, 0) is 31.7 Å². The maximum Gasteiger partial charge on any atom is 0.250 e. The molecule has 1 saturated heterocycles. The summed E-state index contributed by atoms with van der Waals surface area (Å²) in [4.78, 5) is 19.1. The third kappa shape index (κ3) is 3.28. The molecule has 23 heavy (non-hydrogen) atoms. The number of aromatic nitrogens is 2. The van der Waals surface area contributed by atoms with Crippen LogP contribution in [0, 0.1) is 5.92 Å². The van der Waals surface area contributed by atoms with Crippen LogP contribution in [-0.2, 0) is 21.7 Å². The summed E-state index contributed by atoms with van der Waals surface area (Å²) in [5.74, 6) is 1.67. The molecule has 1 N–H and O–H groups in total. The van der Waals surface area contributed by atoms with E-state index in [1.165, 1.54) is 6.42 Å². The molecule has 128 valence electrons. The second kappa shape index (κ2) is 6.61. The van der Waals surface area contributed by atoms with Gasteiger partial charge in [-0.15, -0.1) is 0 Å². The van der Waals surface area contributed by atoms with Crippen molar-refractivity contribution in [1.82, 2.24) is 19.8 Å². The number of hydrogen-bond acceptors (Lipinski definition) is 4. The van der Waals surface area contributed by atoms with Gasteiger partial charge < -0.3 is 19.5 Å². The summed E-state index contributed by atoms with van der Waals surface area (Å²) >= 11 is 0. The molecule has 0 radical (unpaired) electrons. The highest BCUT2D eigenvalue weighted by Gasteiger charge is 2.46. The van der Waals surface area contributed by atoms with E-state index < -0.39 is 11.7 Å². The summed E-state index contributed by atoms with van der Waals surface area (Å²) in [5, 5.41) is 2.71. The van der Waals surface area contributed by atoms with Crippen LogP contribution in [0.1, 0.15) is 38.9 Å². The van der Waals surface area contributed by atoms with E-state index in [0.29, 0.717) is 6.54 Å². The Bertz CT molecular complexity index is 547. The molecule has 1 fully saturated rings. The van der Waals surface area contributed by atoms with Gasteiger partial charge in [-0.3, -0.25) is 4.79 Å². The smallest absolute Gasteiger partial charge is 0.250 e. The molecule has 0 saturated carbocycles. The number of nitrogens with one attached hydrogen (secondary N) is 1. The average molecular weight is 320 g/mol. The number of likely N-dealkylation sites (tertiary alicyclic amines) is 1. The Morgan fingerprint density at radius 1 is 1.48 bits per heavy atom. The van der Waals surface area contributed by atoms with Crippen LogP contribution in [0.15, 0.2) is 12.4 Å². The van der Waals surface area contributed by atoms with Crippen LogP contribution in [-0.4, -0.2) is 53.1 Å². The summed E-state index contributed by atoms with van der Waals surface area (Å²) in [5.41, 5.74) is -0.409. The second-order valence-corrected chi connectivity index (χ2v) is 7.14. The van der Waals surface area contributed by atoms with Crippen LogP contribution in [0.2, 0.25) is 0 Å². The normalized spacial score (nSPS) is 23.9. The van der Waals surface area contributed by atoms with Crippen LogP contribution in [0.4, 0.5) is 0 Å². The number of ether oxygens (including phenoxy) is 1. The maximum absolute atomic E-state index is 12.1. The van der Waals surface area contributed by atoms with Crippen LogP contribution < -0.4 is 5.32 Å². The average Bonchev–Trinajstić information content (AvgIpc) is 3.03. The molecule has 1 atom stereocenters. The van der Waals surface area contributed by atoms with Crippen molar-refractivity contribution in [2.45, 2.75) is 51.4 Å². The zero-order valence-corrected chi connectivity index (χ0v) is 14.4. The number of amides is 1. The fraction of sp³-hybridized carbons (Fsp3) is 0.765. The molecule has 3 heterocycles. The Hall–Kier alpha value is -1.40. The molecule has 0 unspecified atom stereocenters. The molecule has 3 rings (SSSR count). The first-order valence-corrected chi connectivity index (χ1v) is 8.67. The summed E-state index contributed by atoms with van der Waals surface area (Å²) in [6, 6.07) is 0. The number of carbonyl (C=O) groups excluding carboxylic acids is 1. The van der Waals surface area contributed by atoms with E-state index in [-0.39, 0.29) is 5.91 Å².